The predicted molar refractivity (Wildman–Crippen MR) is 64.8 cm³/mol. The van der Waals surface area contributed by atoms with E-state index in [-0.39, 0.29) is 0 Å². The number of nitrogens with one attached hydrogen (secondary N) is 1. The van der Waals surface area contributed by atoms with Gasteiger partial charge in [-0.05, 0) is 37.8 Å². The lowest BCUT2D eigenvalue weighted by molar-refractivity contribution is 0.485. The zero-order valence-electron chi connectivity index (χ0n) is 9.37. The van der Waals surface area contributed by atoms with Crippen LogP contribution < -0.4 is 5.32 Å². The van der Waals surface area contributed by atoms with Gasteiger partial charge in [0.1, 0.15) is 5.54 Å². The second kappa shape index (κ2) is 5.20. The molecule has 0 aliphatic carbocycles. The molecule has 0 unspecified atom stereocenters. The van der Waals surface area contributed by atoms with Crippen LogP contribution in [0.5, 0.6) is 0 Å². The maximum absolute atomic E-state index is 8.84. The van der Waals surface area contributed by atoms with Gasteiger partial charge >= 0.3 is 0 Å². The highest BCUT2D eigenvalue weighted by Crippen LogP contribution is 2.15. The Bertz CT molecular complexity index is 349. The van der Waals surface area contributed by atoms with Crippen molar-refractivity contribution in [3.63, 3.8) is 0 Å². The van der Waals surface area contributed by atoms with Gasteiger partial charge in [0.2, 0.25) is 0 Å². The van der Waals surface area contributed by atoms with Crippen LogP contribution in [0, 0.1) is 11.3 Å². The maximum atomic E-state index is 8.84. The van der Waals surface area contributed by atoms with Crippen LogP contribution in [0.25, 0.3) is 0 Å². The lowest BCUT2D eigenvalue weighted by Gasteiger charge is -2.17. The van der Waals surface area contributed by atoms with Crippen LogP contribution in [0.4, 0.5) is 0 Å². The quantitative estimate of drug-likeness (QED) is 0.793. The van der Waals surface area contributed by atoms with Crippen molar-refractivity contribution in [3.8, 4) is 6.07 Å². The van der Waals surface area contributed by atoms with Crippen LogP contribution in [0.15, 0.2) is 29.2 Å². The van der Waals surface area contributed by atoms with Crippen LogP contribution in [-0.2, 0) is 6.54 Å². The van der Waals surface area contributed by atoms with Crippen LogP contribution in [0.1, 0.15) is 19.4 Å². The highest BCUT2D eigenvalue weighted by molar-refractivity contribution is 7.98. The molecule has 0 saturated heterocycles. The van der Waals surface area contributed by atoms with E-state index in [2.05, 4.69) is 41.9 Å². The van der Waals surface area contributed by atoms with E-state index in [1.165, 1.54) is 10.5 Å². The van der Waals surface area contributed by atoms with Crippen molar-refractivity contribution in [2.24, 2.45) is 0 Å². The van der Waals surface area contributed by atoms with E-state index in [9.17, 15) is 0 Å². The normalized spacial score (nSPS) is 11.1. The zero-order chi connectivity index (χ0) is 11.3. The minimum Gasteiger partial charge on any atom is -0.296 e. The Morgan fingerprint density at radius 1 is 1.33 bits per heavy atom. The van der Waals surface area contributed by atoms with Gasteiger partial charge < -0.3 is 0 Å². The predicted octanol–water partition coefficient (Wildman–Crippen LogP) is 2.80. The minimum atomic E-state index is -0.460. The highest BCUT2D eigenvalue weighted by atomic mass is 32.2. The summed E-state index contributed by atoms with van der Waals surface area (Å²) in [6.07, 6.45) is 2.06. The summed E-state index contributed by atoms with van der Waals surface area (Å²) in [6.45, 7) is 4.49. The van der Waals surface area contributed by atoms with Gasteiger partial charge in [-0.15, -0.1) is 11.8 Å². The van der Waals surface area contributed by atoms with Crippen LogP contribution in [0.2, 0.25) is 0 Å². The SMILES string of the molecule is CSc1ccc(CNC(C)(C)C#N)cc1. The highest BCUT2D eigenvalue weighted by Gasteiger charge is 2.14. The van der Waals surface area contributed by atoms with Crippen molar-refractivity contribution in [3.05, 3.63) is 29.8 Å². The topological polar surface area (TPSA) is 35.8 Å². The smallest absolute Gasteiger partial charge is 0.101 e. The van der Waals surface area contributed by atoms with Crippen molar-refractivity contribution in [1.29, 1.82) is 5.26 Å². The number of nitriles is 1. The Labute approximate surface area is 95.7 Å². The standard InChI is InChI=1S/C12H16N2S/c1-12(2,9-13)14-8-10-4-6-11(15-3)7-5-10/h4-7,14H,8H2,1-3H3. The molecule has 0 aliphatic heterocycles. The second-order valence-electron chi connectivity index (χ2n) is 3.94. The first-order valence-electron chi connectivity index (χ1n) is 4.86. The van der Waals surface area contributed by atoms with Crippen molar-refractivity contribution in [2.75, 3.05) is 6.26 Å². The first kappa shape index (κ1) is 12.1. The molecule has 1 rings (SSSR count). The van der Waals surface area contributed by atoms with Crippen molar-refractivity contribution in [2.45, 2.75) is 30.8 Å². The van der Waals surface area contributed by atoms with Crippen molar-refractivity contribution >= 4 is 11.8 Å². The first-order chi connectivity index (χ1) is 7.07. The average molecular weight is 220 g/mol. The van der Waals surface area contributed by atoms with Gasteiger partial charge in [0, 0.05) is 11.4 Å². The number of rotatable bonds is 4. The monoisotopic (exact) mass is 220 g/mol. The number of thioether (sulfide) groups is 1. The second-order valence-corrected chi connectivity index (χ2v) is 4.82. The molecule has 0 bridgehead atoms. The van der Waals surface area contributed by atoms with E-state index in [1.54, 1.807) is 11.8 Å². The first-order valence-corrected chi connectivity index (χ1v) is 6.09. The lowest BCUT2D eigenvalue weighted by atomic mass is 10.1. The van der Waals surface area contributed by atoms with E-state index in [0.717, 1.165) is 6.54 Å². The summed E-state index contributed by atoms with van der Waals surface area (Å²) in [5.41, 5.74) is 0.745. The molecule has 0 atom stereocenters. The summed E-state index contributed by atoms with van der Waals surface area (Å²) in [6, 6.07) is 10.6. The fraction of sp³-hybridized carbons (Fsp3) is 0.417. The summed E-state index contributed by atoms with van der Waals surface area (Å²) < 4.78 is 0. The van der Waals surface area contributed by atoms with Crippen LogP contribution in [-0.4, -0.2) is 11.8 Å². The molecule has 1 aromatic carbocycles. The van der Waals surface area contributed by atoms with E-state index in [0.29, 0.717) is 0 Å². The third-order valence-corrected chi connectivity index (χ3v) is 2.92. The molecular weight excluding hydrogens is 204 g/mol. The molecule has 0 spiro atoms. The van der Waals surface area contributed by atoms with Gasteiger partial charge in [-0.3, -0.25) is 5.32 Å². The molecule has 80 valence electrons. The third kappa shape index (κ3) is 3.94. The average Bonchev–Trinajstić information content (AvgIpc) is 2.27. The third-order valence-electron chi connectivity index (χ3n) is 2.17. The van der Waals surface area contributed by atoms with E-state index in [1.807, 2.05) is 13.8 Å². The molecule has 0 radical (unpaired) electrons. The number of nitrogens with zero attached hydrogens (tertiary/aromatic N) is 1. The molecule has 15 heavy (non-hydrogen) atoms. The largest absolute Gasteiger partial charge is 0.296 e. The number of hydrogen-bond acceptors (Lipinski definition) is 3. The van der Waals surface area contributed by atoms with Gasteiger partial charge in [0.15, 0.2) is 0 Å². The summed E-state index contributed by atoms with van der Waals surface area (Å²) in [5.74, 6) is 0. The van der Waals surface area contributed by atoms with Crippen molar-refractivity contribution in [1.82, 2.24) is 5.32 Å². The molecule has 0 aromatic heterocycles. The fourth-order valence-corrected chi connectivity index (χ4v) is 1.51. The minimum absolute atomic E-state index is 0.460. The van der Waals surface area contributed by atoms with Gasteiger partial charge in [0.05, 0.1) is 6.07 Å². The van der Waals surface area contributed by atoms with E-state index in [4.69, 9.17) is 5.26 Å². The summed E-state index contributed by atoms with van der Waals surface area (Å²) in [5, 5.41) is 12.0. The molecule has 0 fully saturated rings. The van der Waals surface area contributed by atoms with Gasteiger partial charge in [-0.2, -0.15) is 5.26 Å². The lowest BCUT2D eigenvalue weighted by Crippen LogP contribution is -2.36. The van der Waals surface area contributed by atoms with Gasteiger partial charge in [0.25, 0.3) is 0 Å². The molecule has 0 saturated carbocycles. The van der Waals surface area contributed by atoms with E-state index < -0.39 is 5.54 Å². The fourth-order valence-electron chi connectivity index (χ4n) is 1.11. The van der Waals surface area contributed by atoms with E-state index >= 15 is 0 Å². The Kier molecular flexibility index (Phi) is 4.19. The molecule has 2 nitrogen and oxygen atoms in total. The summed E-state index contributed by atoms with van der Waals surface area (Å²) in [4.78, 5) is 1.26. The van der Waals surface area contributed by atoms with Gasteiger partial charge in [-0.1, -0.05) is 12.1 Å². The molecule has 0 aliphatic rings. The van der Waals surface area contributed by atoms with Gasteiger partial charge in [-0.25, -0.2) is 0 Å². The summed E-state index contributed by atoms with van der Waals surface area (Å²) in [7, 11) is 0. The van der Waals surface area contributed by atoms with Crippen molar-refractivity contribution < 1.29 is 0 Å². The van der Waals surface area contributed by atoms with Crippen LogP contribution in [0.3, 0.4) is 0 Å². The molecule has 1 N–H and O–H groups in total. The Hall–Kier alpha value is -0.980. The Balaban J connectivity index is 2.56. The molecular formula is C12H16N2S. The maximum Gasteiger partial charge on any atom is 0.101 e. The zero-order valence-corrected chi connectivity index (χ0v) is 10.2. The Morgan fingerprint density at radius 3 is 2.40 bits per heavy atom. The molecule has 0 amide bonds. The van der Waals surface area contributed by atoms with Crippen LogP contribution >= 0.6 is 11.8 Å². The summed E-state index contributed by atoms with van der Waals surface area (Å²) >= 11 is 1.73. The number of hydrogen-bond donors (Lipinski definition) is 1. The number of benzene rings is 1. The molecule has 3 heteroatoms. The molecule has 0 heterocycles. The Morgan fingerprint density at radius 2 is 1.93 bits per heavy atom. The molecule has 1 aromatic rings.